The zero-order valence-electron chi connectivity index (χ0n) is 20.1. The number of nitrogens with zero attached hydrogens (tertiary/aromatic N) is 2. The summed E-state index contributed by atoms with van der Waals surface area (Å²) in [6.45, 7) is 8.72. The monoisotopic (exact) mass is 475 g/mol. The standard InChI is InChI=1S/C25H31F2N3O4/c1-6-13-30-21(28-22(29-30)17-7-9-18(10-8-17)25(5,26)27)15-33-19-11-12-20(16(2)14-19)34-24(3,4)23(31)32/h7-12,14,21H,6,13,15H2,1-5H3,(H,28,29)(H,31,32). The smallest absolute Gasteiger partial charge is 0.347 e. The Morgan fingerprint density at radius 1 is 1.18 bits per heavy atom. The lowest BCUT2D eigenvalue weighted by atomic mass is 10.1. The summed E-state index contributed by atoms with van der Waals surface area (Å²) in [5.41, 5.74) is 3.32. The molecular weight excluding hydrogens is 444 g/mol. The minimum Gasteiger partial charge on any atom is -0.490 e. The second kappa shape index (κ2) is 9.97. The fourth-order valence-electron chi connectivity index (χ4n) is 3.41. The highest BCUT2D eigenvalue weighted by atomic mass is 19.3. The Balaban J connectivity index is 1.70. The van der Waals surface area contributed by atoms with Gasteiger partial charge in [0.25, 0.3) is 5.92 Å². The molecule has 0 radical (unpaired) electrons. The number of aliphatic carboxylic acids is 1. The molecule has 0 aromatic heterocycles. The highest BCUT2D eigenvalue weighted by Crippen LogP contribution is 2.28. The zero-order valence-corrected chi connectivity index (χ0v) is 20.1. The van der Waals surface area contributed by atoms with E-state index in [4.69, 9.17) is 14.5 Å². The summed E-state index contributed by atoms with van der Waals surface area (Å²) in [5, 5.41) is 11.2. The van der Waals surface area contributed by atoms with E-state index in [2.05, 4.69) is 12.3 Å². The maximum atomic E-state index is 13.5. The highest BCUT2D eigenvalue weighted by Gasteiger charge is 2.30. The van der Waals surface area contributed by atoms with Gasteiger partial charge in [-0.15, -0.1) is 0 Å². The average molecular weight is 476 g/mol. The summed E-state index contributed by atoms with van der Waals surface area (Å²) in [6, 6.07) is 11.3. The molecule has 1 aliphatic rings. The van der Waals surface area contributed by atoms with Crippen molar-refractivity contribution in [3.63, 3.8) is 0 Å². The summed E-state index contributed by atoms with van der Waals surface area (Å²) in [6.07, 6.45) is 0.585. The van der Waals surface area contributed by atoms with Crippen LogP contribution in [0.3, 0.4) is 0 Å². The average Bonchev–Trinajstić information content (AvgIpc) is 3.16. The van der Waals surface area contributed by atoms with Crippen LogP contribution in [0.1, 0.15) is 50.8 Å². The molecule has 0 saturated heterocycles. The van der Waals surface area contributed by atoms with Gasteiger partial charge in [-0.2, -0.15) is 5.01 Å². The molecule has 3 rings (SSSR count). The molecule has 0 fully saturated rings. The lowest BCUT2D eigenvalue weighted by molar-refractivity contribution is -0.152. The molecule has 1 aliphatic heterocycles. The van der Waals surface area contributed by atoms with E-state index in [0.29, 0.717) is 17.3 Å². The molecule has 7 nitrogen and oxygen atoms in total. The topological polar surface area (TPSA) is 83.4 Å². The van der Waals surface area contributed by atoms with Crippen LogP contribution >= 0.6 is 0 Å². The third kappa shape index (κ3) is 6.02. The molecule has 9 heteroatoms. The van der Waals surface area contributed by atoms with E-state index in [0.717, 1.165) is 31.0 Å². The number of carbonyl (C=O) groups is 1. The third-order valence-electron chi connectivity index (χ3n) is 5.44. The van der Waals surface area contributed by atoms with E-state index >= 15 is 0 Å². The first-order valence-corrected chi connectivity index (χ1v) is 11.2. The molecule has 184 valence electrons. The quantitative estimate of drug-likeness (QED) is 0.517. The van der Waals surface area contributed by atoms with Gasteiger partial charge in [-0.1, -0.05) is 31.2 Å². The SMILES string of the molecule is CCCN1NC(c2ccc(C(C)(F)F)cc2)=NC1COc1ccc(OC(C)(C)C(=O)O)c(C)c1. The number of aryl methyl sites for hydroxylation is 1. The molecule has 1 heterocycles. The first kappa shape index (κ1) is 25.4. The predicted octanol–water partition coefficient (Wildman–Crippen LogP) is 4.73. The van der Waals surface area contributed by atoms with Gasteiger partial charge in [0.05, 0.1) is 0 Å². The second-order valence-electron chi connectivity index (χ2n) is 8.89. The first-order chi connectivity index (χ1) is 15.9. The molecular formula is C25H31F2N3O4. The van der Waals surface area contributed by atoms with E-state index in [9.17, 15) is 18.7 Å². The molecule has 1 unspecified atom stereocenters. The van der Waals surface area contributed by atoms with E-state index < -0.39 is 17.5 Å². The molecule has 0 bridgehead atoms. The van der Waals surface area contributed by atoms with Crippen LogP contribution < -0.4 is 14.9 Å². The largest absolute Gasteiger partial charge is 0.490 e. The van der Waals surface area contributed by atoms with Gasteiger partial charge < -0.3 is 20.0 Å². The van der Waals surface area contributed by atoms with Crippen LogP contribution in [0.2, 0.25) is 0 Å². The van der Waals surface area contributed by atoms with Crippen LogP contribution in [0.15, 0.2) is 47.5 Å². The van der Waals surface area contributed by atoms with Crippen molar-refractivity contribution >= 4 is 11.8 Å². The maximum absolute atomic E-state index is 13.5. The summed E-state index contributed by atoms with van der Waals surface area (Å²) in [5.74, 6) is -2.27. The van der Waals surface area contributed by atoms with E-state index in [-0.39, 0.29) is 18.3 Å². The fraction of sp³-hybridized carbons (Fsp3) is 0.440. The molecule has 0 spiro atoms. The molecule has 0 amide bonds. The lowest BCUT2D eigenvalue weighted by Crippen LogP contribution is -2.43. The van der Waals surface area contributed by atoms with Gasteiger partial charge in [0.15, 0.2) is 11.8 Å². The van der Waals surface area contributed by atoms with Crippen LogP contribution in [0, 0.1) is 6.92 Å². The number of alkyl halides is 2. The van der Waals surface area contributed by atoms with Gasteiger partial charge in [-0.3, -0.25) is 0 Å². The number of hydrogen-bond donors (Lipinski definition) is 2. The van der Waals surface area contributed by atoms with Gasteiger partial charge in [-0.25, -0.2) is 18.6 Å². The number of carboxylic acids is 1. The number of aliphatic imine (C=N–C) groups is 1. The summed E-state index contributed by atoms with van der Waals surface area (Å²) >= 11 is 0. The van der Waals surface area contributed by atoms with Crippen LogP contribution in [0.25, 0.3) is 0 Å². The molecule has 2 aromatic carbocycles. The molecule has 0 aliphatic carbocycles. The second-order valence-corrected chi connectivity index (χ2v) is 8.89. The number of rotatable bonds is 10. The van der Waals surface area contributed by atoms with Crippen molar-refractivity contribution in [1.29, 1.82) is 0 Å². The van der Waals surface area contributed by atoms with Crippen molar-refractivity contribution in [2.24, 2.45) is 4.99 Å². The van der Waals surface area contributed by atoms with Crippen LogP contribution in [-0.2, 0) is 10.7 Å². The molecule has 2 N–H and O–H groups in total. The van der Waals surface area contributed by atoms with Crippen molar-refractivity contribution in [2.75, 3.05) is 13.2 Å². The lowest BCUT2D eigenvalue weighted by Gasteiger charge is -2.24. The first-order valence-electron chi connectivity index (χ1n) is 11.2. The van der Waals surface area contributed by atoms with E-state index in [1.165, 1.54) is 26.0 Å². The van der Waals surface area contributed by atoms with Crippen LogP contribution in [-0.4, -0.2) is 46.8 Å². The summed E-state index contributed by atoms with van der Waals surface area (Å²) < 4.78 is 38.6. The van der Waals surface area contributed by atoms with Gasteiger partial charge >= 0.3 is 5.97 Å². The third-order valence-corrected chi connectivity index (χ3v) is 5.44. The Bertz CT molecular complexity index is 1050. The minimum atomic E-state index is -2.89. The molecule has 34 heavy (non-hydrogen) atoms. The number of amidine groups is 1. The van der Waals surface area contributed by atoms with Gasteiger partial charge in [0.2, 0.25) is 0 Å². The number of hydrazine groups is 1. The Kier molecular flexibility index (Phi) is 7.45. The number of nitrogens with one attached hydrogen (secondary N) is 1. The zero-order chi connectivity index (χ0) is 25.1. The molecule has 2 aromatic rings. The number of carboxylic acid groups (broad SMARTS) is 1. The van der Waals surface area contributed by atoms with Crippen molar-refractivity contribution in [1.82, 2.24) is 10.4 Å². The van der Waals surface area contributed by atoms with Crippen molar-refractivity contribution < 1.29 is 28.2 Å². The van der Waals surface area contributed by atoms with Crippen molar-refractivity contribution in [3.05, 3.63) is 59.2 Å². The van der Waals surface area contributed by atoms with Crippen molar-refractivity contribution in [3.8, 4) is 11.5 Å². The molecule has 1 atom stereocenters. The predicted molar refractivity (Wildman–Crippen MR) is 125 cm³/mol. The Morgan fingerprint density at radius 2 is 1.85 bits per heavy atom. The van der Waals surface area contributed by atoms with Crippen molar-refractivity contribution in [2.45, 2.75) is 58.7 Å². The van der Waals surface area contributed by atoms with Crippen LogP contribution in [0.5, 0.6) is 11.5 Å². The van der Waals surface area contributed by atoms with E-state index in [1.807, 2.05) is 11.9 Å². The van der Waals surface area contributed by atoms with Crippen LogP contribution in [0.4, 0.5) is 8.78 Å². The number of halogens is 2. The fourth-order valence-corrected chi connectivity index (χ4v) is 3.41. The highest BCUT2D eigenvalue weighted by molar-refractivity contribution is 5.99. The Morgan fingerprint density at radius 3 is 2.41 bits per heavy atom. The Labute approximate surface area is 198 Å². The minimum absolute atomic E-state index is 0.0466. The number of ether oxygens (including phenoxy) is 2. The normalized spacial score (nSPS) is 16.7. The Hall–Kier alpha value is -3.20. The van der Waals surface area contributed by atoms with Gasteiger partial charge in [-0.05, 0) is 51.0 Å². The summed E-state index contributed by atoms with van der Waals surface area (Å²) in [7, 11) is 0. The van der Waals surface area contributed by atoms with Gasteiger partial charge in [0, 0.05) is 24.6 Å². The molecule has 0 saturated carbocycles. The van der Waals surface area contributed by atoms with Gasteiger partial charge in [0.1, 0.15) is 23.9 Å². The number of benzene rings is 2. The maximum Gasteiger partial charge on any atom is 0.347 e. The van der Waals surface area contributed by atoms with E-state index in [1.54, 1.807) is 30.3 Å². The number of hydrogen-bond acceptors (Lipinski definition) is 6. The summed E-state index contributed by atoms with van der Waals surface area (Å²) in [4.78, 5) is 16.0.